The van der Waals surface area contributed by atoms with E-state index in [1.807, 2.05) is 0 Å². The van der Waals surface area contributed by atoms with Crippen LogP contribution in [-0.2, 0) is 171 Å². The first-order valence-electron chi connectivity index (χ1n) is 34.2. The molecule has 0 unspecified atom stereocenters. The Hall–Kier alpha value is -1.93. The molecule has 602 valence electrons. The van der Waals surface area contributed by atoms with E-state index in [0.29, 0.717) is 0 Å². The van der Waals surface area contributed by atoms with Crippen molar-refractivity contribution in [2.24, 2.45) is 0 Å². The third-order valence-corrected chi connectivity index (χ3v) is 19.8. The van der Waals surface area contributed by atoms with Crippen LogP contribution in [0.1, 0.15) is 0 Å². The van der Waals surface area contributed by atoms with Crippen LogP contribution in [0.3, 0.4) is 0 Å². The number of methoxy groups -OCH3 is 20. The summed E-state index contributed by atoms with van der Waals surface area (Å²) in [5.41, 5.74) is 0. The second-order valence-corrected chi connectivity index (χ2v) is 26.0. The van der Waals surface area contributed by atoms with Gasteiger partial charge in [-0.1, -0.05) is 0 Å². The van der Waals surface area contributed by atoms with E-state index in [9.17, 15) is 4.79 Å². The van der Waals surface area contributed by atoms with E-state index >= 15 is 0 Å². The molecule has 0 radical (unpaired) electrons. The minimum Gasteiger partial charge on any atom is -0.462 e. The molecule has 21 rings (SSSR count). The third-order valence-electron chi connectivity index (χ3n) is 19.8. The Morgan fingerprint density at radius 1 is 0.223 bits per heavy atom. The van der Waals surface area contributed by atoms with Gasteiger partial charge in [-0.3, -0.25) is 9.69 Å². The van der Waals surface area contributed by atoms with Crippen LogP contribution in [0.4, 0.5) is 0 Å². The summed E-state index contributed by atoms with van der Waals surface area (Å²) in [7, 11) is 33.3. The molecule has 0 amide bonds. The van der Waals surface area contributed by atoms with Gasteiger partial charge < -0.3 is 166 Å². The lowest BCUT2D eigenvalue weighted by molar-refractivity contribution is -0.402. The highest BCUT2D eigenvalue weighted by atomic mass is 16.8. The number of carbonyl (C=O) groups excluding carboxylic acids is 1. The standard InChI is InChI=1S/C66H117NO36/c1-67(2)23-38(68)89-30-37-45-52(81-15)59(88-22)66(96-37)102-44-36(29-74-8)94-64(57(86-20)51(44)80-14)100-42-34(27-72-6)92-62(55(84-18)49(42)78-12)98-40-32(25-70-4)90-60(53(82-16)47(40)76-10)97-39-31(24-69-3)91-61(54(83-17)46(39)75-9)99-41-33(26-71-5)93-63(56(85-19)48(41)77-11)101-43-35(28-73-7)95-65(103-45)58(87-21)50(43)79-13/h31-37,39-66H,23-30H2,1-22H3/t31-,32-,33-,34-,35-,36-,37-,39+,40+,41+,42+,43+,44+,45+,46-,47-,48-,49-,50-,51-,52-,53-,54-,55-,56-,57-,58-,59-,60-,61-,62-,63-,64-,65-,66-/m1/s1. The van der Waals surface area contributed by atoms with E-state index in [1.165, 1.54) is 142 Å². The molecule has 0 aromatic carbocycles. The number of hydrogen-bond donors (Lipinski definition) is 0. The first-order chi connectivity index (χ1) is 49.9. The molecule has 21 aliphatic heterocycles. The Kier molecular flexibility index (Phi) is 35.7. The van der Waals surface area contributed by atoms with Gasteiger partial charge in [0, 0.05) is 142 Å². The van der Waals surface area contributed by atoms with Crippen molar-refractivity contribution >= 4 is 5.97 Å². The zero-order valence-electron chi connectivity index (χ0n) is 63.5. The summed E-state index contributed by atoms with van der Waals surface area (Å²) in [6.07, 6.45) is -38.0. The zero-order chi connectivity index (χ0) is 74.8. The molecule has 14 bridgehead atoms. The summed E-state index contributed by atoms with van der Waals surface area (Å²) < 4.78 is 227. The van der Waals surface area contributed by atoms with E-state index in [0.717, 1.165) is 0 Å². The van der Waals surface area contributed by atoms with Crippen LogP contribution in [0.25, 0.3) is 0 Å². The van der Waals surface area contributed by atoms with Crippen LogP contribution in [-0.4, -0.2) is 435 Å². The van der Waals surface area contributed by atoms with Crippen molar-refractivity contribution < 1.29 is 171 Å². The number of rotatable bonds is 30. The van der Waals surface area contributed by atoms with Crippen LogP contribution in [0.2, 0.25) is 0 Å². The topological polar surface area (TPSA) is 343 Å². The number of ether oxygens (including phenoxy) is 35. The van der Waals surface area contributed by atoms with Gasteiger partial charge in [0.05, 0.1) is 46.2 Å². The summed E-state index contributed by atoms with van der Waals surface area (Å²) in [5.74, 6) is -0.574. The van der Waals surface area contributed by atoms with Gasteiger partial charge in [-0.2, -0.15) is 0 Å². The Labute approximate surface area is 603 Å². The fourth-order valence-electron chi connectivity index (χ4n) is 15.2. The van der Waals surface area contributed by atoms with Crippen LogP contribution >= 0.6 is 0 Å². The quantitative estimate of drug-likeness (QED) is 0.0700. The molecule has 0 aromatic heterocycles. The molecule has 0 spiro atoms. The van der Waals surface area contributed by atoms with Crippen molar-refractivity contribution in [2.75, 3.05) is 209 Å². The maximum atomic E-state index is 13.5. The van der Waals surface area contributed by atoms with Gasteiger partial charge in [-0.15, -0.1) is 0 Å². The van der Waals surface area contributed by atoms with Crippen molar-refractivity contribution in [3.8, 4) is 0 Å². The number of nitrogens with zero attached hydrogens (tertiary/aromatic N) is 1. The largest absolute Gasteiger partial charge is 0.462 e. The molecule has 37 heteroatoms. The van der Waals surface area contributed by atoms with Crippen LogP contribution < -0.4 is 0 Å². The summed E-state index contributed by atoms with van der Waals surface area (Å²) in [5, 5.41) is 0. The second kappa shape index (κ2) is 42.5. The first kappa shape index (κ1) is 86.7. The van der Waals surface area contributed by atoms with E-state index in [2.05, 4.69) is 0 Å². The maximum Gasteiger partial charge on any atom is 0.320 e. The Balaban J connectivity index is 1.25. The molecule has 21 heterocycles. The van der Waals surface area contributed by atoms with Gasteiger partial charge in [0.15, 0.2) is 44.0 Å². The smallest absolute Gasteiger partial charge is 0.320 e. The maximum absolute atomic E-state index is 13.5. The molecule has 21 aliphatic rings. The summed E-state index contributed by atoms with van der Waals surface area (Å²) in [4.78, 5) is 15.2. The predicted molar refractivity (Wildman–Crippen MR) is 347 cm³/mol. The van der Waals surface area contributed by atoms with Crippen molar-refractivity contribution in [1.29, 1.82) is 0 Å². The molecule has 0 N–H and O–H groups in total. The van der Waals surface area contributed by atoms with Crippen molar-refractivity contribution in [2.45, 2.75) is 215 Å². The molecule has 0 aliphatic carbocycles. The summed E-state index contributed by atoms with van der Waals surface area (Å²) in [6.45, 7) is -0.874. The Bertz CT molecular complexity index is 2370. The molecule has 37 nitrogen and oxygen atoms in total. The zero-order valence-corrected chi connectivity index (χ0v) is 63.5. The highest BCUT2D eigenvalue weighted by Gasteiger charge is 2.62. The Morgan fingerprint density at radius 3 is 0.495 bits per heavy atom. The van der Waals surface area contributed by atoms with Crippen LogP contribution in [0.5, 0.6) is 0 Å². The van der Waals surface area contributed by atoms with E-state index in [-0.39, 0.29) is 46.2 Å². The highest BCUT2D eigenvalue weighted by molar-refractivity contribution is 5.71. The fourth-order valence-corrected chi connectivity index (χ4v) is 15.2. The van der Waals surface area contributed by atoms with Crippen LogP contribution in [0, 0.1) is 0 Å². The van der Waals surface area contributed by atoms with Gasteiger partial charge >= 0.3 is 5.97 Å². The molecule has 103 heavy (non-hydrogen) atoms. The molecule has 35 atom stereocenters. The lowest BCUT2D eigenvalue weighted by Gasteiger charge is -2.52. The minimum absolute atomic E-state index is 0.0527. The van der Waals surface area contributed by atoms with Crippen LogP contribution in [0.15, 0.2) is 0 Å². The van der Waals surface area contributed by atoms with E-state index in [4.69, 9.17) is 166 Å². The molecule has 0 aromatic rings. The fraction of sp³-hybridized carbons (Fsp3) is 0.985. The summed E-state index contributed by atoms with van der Waals surface area (Å²) >= 11 is 0. The van der Waals surface area contributed by atoms with E-state index < -0.39 is 228 Å². The predicted octanol–water partition coefficient (Wildman–Crippen LogP) is -2.04. The molecular weight excluding hydrogens is 1380 g/mol. The van der Waals surface area contributed by atoms with Crippen molar-refractivity contribution in [1.82, 2.24) is 4.90 Å². The average Bonchev–Trinajstić information content (AvgIpc) is 0.799. The van der Waals surface area contributed by atoms with Gasteiger partial charge in [-0.05, 0) is 14.1 Å². The molecule has 21 fully saturated rings. The number of carbonyl (C=O) groups is 1. The number of hydrogen-bond acceptors (Lipinski definition) is 37. The number of esters is 1. The van der Waals surface area contributed by atoms with Crippen molar-refractivity contribution in [3.63, 3.8) is 0 Å². The summed E-state index contributed by atoms with van der Waals surface area (Å²) in [6, 6.07) is 0. The highest BCUT2D eigenvalue weighted by Crippen LogP contribution is 2.43. The SMILES string of the molecule is COC[C@H]1O[C@@H]2O[C@@H]3[C@@H](OC)[C@@H](OC)[C@@H](O[C@@H]4[C@@H](OC)[C@@H](OC)[C@@H](O[C@@H]5[C@@H](OC)[C@@H](OC)[C@@H](O[C@@H]6[C@@H](OC)[C@@H](OC)[C@@H](O[C@@H]7[C@@H](OC)[C@@H](OC)[C@@H](O[C@@H]8[C@@H](OC)[C@@H](OC)[C@@H](O[C@@H]1[C@@H](OC)[C@H]2OC)O[C@@H]8COC)O[C@@H]7COC)O[C@@H]6COC)O[C@@H]5COC(=O)CN(C)C)O[C@@H]4COC)O[C@@H]3COC. The first-order valence-corrected chi connectivity index (χ1v) is 34.2. The van der Waals surface area contributed by atoms with Gasteiger partial charge in [0.25, 0.3) is 0 Å². The third kappa shape index (κ3) is 19.7. The monoisotopic (exact) mass is 1500 g/mol. The normalized spacial score (nSPS) is 44.4. The van der Waals surface area contributed by atoms with Gasteiger partial charge in [0.1, 0.15) is 178 Å². The average molecular weight is 1500 g/mol. The van der Waals surface area contributed by atoms with Gasteiger partial charge in [-0.25, -0.2) is 0 Å². The Morgan fingerprint density at radius 2 is 0.369 bits per heavy atom. The lowest BCUT2D eigenvalue weighted by atomic mass is 9.94. The lowest BCUT2D eigenvalue weighted by Crippen LogP contribution is -2.69. The molecule has 0 saturated carbocycles. The molecule has 21 saturated heterocycles. The van der Waals surface area contributed by atoms with Gasteiger partial charge in [0.2, 0.25) is 0 Å². The number of likely N-dealkylation sites (N-methyl/N-ethyl adjacent to an activating group) is 1. The van der Waals surface area contributed by atoms with Crippen molar-refractivity contribution in [3.05, 3.63) is 0 Å². The second-order valence-electron chi connectivity index (χ2n) is 26.0. The molecular formula is C66H117NO36. The van der Waals surface area contributed by atoms with E-state index in [1.54, 1.807) is 19.0 Å². The minimum atomic E-state index is -1.36.